The maximum absolute atomic E-state index is 14.3. The lowest BCUT2D eigenvalue weighted by molar-refractivity contribution is 0.0647. The van der Waals surface area contributed by atoms with Gasteiger partial charge in [-0.15, -0.1) is 0 Å². The summed E-state index contributed by atoms with van der Waals surface area (Å²) in [6.45, 7) is 3.51. The van der Waals surface area contributed by atoms with Gasteiger partial charge in [0.05, 0.1) is 5.56 Å². The number of carbonyl (C=O) groups is 1. The molecule has 2 aliphatic rings. The number of hydrogen-bond acceptors (Lipinski definition) is 3. The molecule has 2 fully saturated rings. The number of ether oxygens (including phenoxy) is 1. The Labute approximate surface area is 179 Å². The van der Waals surface area contributed by atoms with Crippen LogP contribution in [0.3, 0.4) is 0 Å². The molecular weight excluding hydrogens is 412 g/mol. The lowest BCUT2D eigenvalue weighted by Crippen LogP contribution is -2.42. The van der Waals surface area contributed by atoms with E-state index in [1.165, 1.54) is 24.3 Å². The maximum atomic E-state index is 14.3. The molecule has 1 aliphatic heterocycles. The third-order valence-electron chi connectivity index (χ3n) is 6.01. The van der Waals surface area contributed by atoms with E-state index >= 15 is 0 Å². The van der Waals surface area contributed by atoms with Crippen molar-refractivity contribution < 1.29 is 23.4 Å². The number of carboxylic acid groups (broad SMARTS) is 1. The van der Waals surface area contributed by atoms with Crippen LogP contribution in [0.15, 0.2) is 30.3 Å². The Morgan fingerprint density at radius 3 is 2.67 bits per heavy atom. The van der Waals surface area contributed by atoms with Gasteiger partial charge in [0.15, 0.2) is 0 Å². The average Bonchev–Trinajstić information content (AvgIpc) is 3.53. The van der Waals surface area contributed by atoms with Gasteiger partial charge in [0.25, 0.3) is 0 Å². The highest BCUT2D eigenvalue weighted by molar-refractivity contribution is 6.31. The van der Waals surface area contributed by atoms with Crippen LogP contribution >= 0.6 is 11.6 Å². The molecule has 0 amide bonds. The highest BCUT2D eigenvalue weighted by atomic mass is 35.5. The van der Waals surface area contributed by atoms with Gasteiger partial charge < -0.3 is 9.84 Å². The quantitative estimate of drug-likeness (QED) is 0.623. The fourth-order valence-corrected chi connectivity index (χ4v) is 4.51. The van der Waals surface area contributed by atoms with Crippen LogP contribution in [0.1, 0.15) is 66.1 Å². The number of aromatic carboxylic acids is 1. The molecule has 7 heteroatoms. The monoisotopic (exact) mass is 435 g/mol. The molecule has 0 radical (unpaired) electrons. The Balaban J connectivity index is 1.52. The summed E-state index contributed by atoms with van der Waals surface area (Å²) < 4.78 is 33.9. The minimum absolute atomic E-state index is 0.0153. The van der Waals surface area contributed by atoms with E-state index < -0.39 is 11.8 Å². The van der Waals surface area contributed by atoms with Crippen molar-refractivity contribution in [1.29, 1.82) is 0 Å². The highest BCUT2D eigenvalue weighted by Gasteiger charge is 2.32. The molecule has 4 rings (SSSR count). The van der Waals surface area contributed by atoms with Gasteiger partial charge in [-0.3, -0.25) is 4.90 Å². The fourth-order valence-electron chi connectivity index (χ4n) is 4.18. The van der Waals surface area contributed by atoms with Crippen LogP contribution in [-0.4, -0.2) is 35.2 Å². The van der Waals surface area contributed by atoms with Gasteiger partial charge in [-0.1, -0.05) is 17.7 Å². The van der Waals surface area contributed by atoms with Crippen LogP contribution in [-0.2, 0) is 0 Å². The largest absolute Gasteiger partial charge is 0.489 e. The molecule has 1 N–H and O–H groups in total. The zero-order chi connectivity index (χ0) is 21.4. The Bertz CT molecular complexity index is 964. The van der Waals surface area contributed by atoms with Crippen molar-refractivity contribution in [3.8, 4) is 5.75 Å². The SMILES string of the molecule is C[C@@H](c1ccc(F)cc1Cl)N1CCCC(Oc2cc(F)c(C(=O)O)cc2C2CC2)C1. The lowest BCUT2D eigenvalue weighted by Gasteiger charge is -2.37. The minimum Gasteiger partial charge on any atom is -0.489 e. The van der Waals surface area contributed by atoms with Gasteiger partial charge in [0.2, 0.25) is 0 Å². The standard InChI is InChI=1S/C23H24ClF2NO3/c1-13(17-7-6-15(25)9-20(17)24)27-8-2-3-16(12-27)30-22-11-21(26)19(23(28)29)10-18(22)14-4-5-14/h6-7,9-11,13-14,16H,2-5,8,12H2,1H3,(H,28,29)/t13-,16?/m0/s1. The number of halogens is 3. The van der Waals surface area contributed by atoms with Crippen molar-refractivity contribution in [1.82, 2.24) is 4.90 Å². The van der Waals surface area contributed by atoms with Crippen LogP contribution in [0.2, 0.25) is 5.02 Å². The molecule has 1 saturated heterocycles. The van der Waals surface area contributed by atoms with Crippen LogP contribution in [0, 0.1) is 11.6 Å². The van der Waals surface area contributed by atoms with Crippen LogP contribution in [0.25, 0.3) is 0 Å². The summed E-state index contributed by atoms with van der Waals surface area (Å²) in [7, 11) is 0. The average molecular weight is 436 g/mol. The smallest absolute Gasteiger partial charge is 0.338 e. The zero-order valence-corrected chi connectivity index (χ0v) is 17.5. The van der Waals surface area contributed by atoms with Crippen molar-refractivity contribution in [3.05, 3.63) is 63.7 Å². The number of piperidine rings is 1. The van der Waals surface area contributed by atoms with Gasteiger partial charge in [0, 0.05) is 23.7 Å². The van der Waals surface area contributed by atoms with E-state index in [0.717, 1.165) is 43.4 Å². The molecule has 4 nitrogen and oxygen atoms in total. The number of likely N-dealkylation sites (tertiary alicyclic amines) is 1. The van der Waals surface area contributed by atoms with Crippen LogP contribution in [0.5, 0.6) is 5.75 Å². The molecule has 1 aliphatic carbocycles. The summed E-state index contributed by atoms with van der Waals surface area (Å²) in [5, 5.41) is 9.62. The van der Waals surface area contributed by atoms with Crippen LogP contribution < -0.4 is 4.74 Å². The van der Waals surface area contributed by atoms with E-state index in [1.807, 2.05) is 6.92 Å². The van der Waals surface area contributed by atoms with E-state index in [1.54, 1.807) is 6.07 Å². The first-order chi connectivity index (χ1) is 14.3. The van der Waals surface area contributed by atoms with Gasteiger partial charge in [-0.2, -0.15) is 0 Å². The number of nitrogens with zero attached hydrogens (tertiary/aromatic N) is 1. The Kier molecular flexibility index (Phi) is 5.98. The van der Waals surface area contributed by atoms with Gasteiger partial charge in [0.1, 0.15) is 23.5 Å². The summed E-state index contributed by atoms with van der Waals surface area (Å²) in [6, 6.07) is 7.06. The van der Waals surface area contributed by atoms with E-state index in [-0.39, 0.29) is 29.4 Å². The van der Waals surface area contributed by atoms with Crippen molar-refractivity contribution >= 4 is 17.6 Å². The number of rotatable bonds is 6. The third-order valence-corrected chi connectivity index (χ3v) is 6.34. The molecule has 0 spiro atoms. The molecule has 2 aromatic rings. The van der Waals surface area contributed by atoms with Crippen molar-refractivity contribution in [2.24, 2.45) is 0 Å². The molecule has 30 heavy (non-hydrogen) atoms. The van der Waals surface area contributed by atoms with Gasteiger partial charge in [-0.25, -0.2) is 13.6 Å². The second-order valence-electron chi connectivity index (χ2n) is 8.17. The zero-order valence-electron chi connectivity index (χ0n) is 16.7. The van der Waals surface area contributed by atoms with Gasteiger partial charge in [-0.05, 0) is 74.4 Å². The lowest BCUT2D eigenvalue weighted by atomic mass is 10.0. The molecule has 0 bridgehead atoms. The van der Waals surface area contributed by atoms with Crippen molar-refractivity contribution in [3.63, 3.8) is 0 Å². The molecule has 1 unspecified atom stereocenters. The van der Waals surface area contributed by atoms with Crippen molar-refractivity contribution in [2.75, 3.05) is 13.1 Å². The summed E-state index contributed by atoms with van der Waals surface area (Å²) in [4.78, 5) is 13.5. The highest BCUT2D eigenvalue weighted by Crippen LogP contribution is 2.45. The molecule has 2 atom stereocenters. The normalized spacial score (nSPS) is 20.7. The second kappa shape index (κ2) is 8.52. The van der Waals surface area contributed by atoms with E-state index in [0.29, 0.717) is 17.3 Å². The van der Waals surface area contributed by atoms with Crippen LogP contribution in [0.4, 0.5) is 8.78 Å². The van der Waals surface area contributed by atoms with E-state index in [2.05, 4.69) is 4.90 Å². The second-order valence-corrected chi connectivity index (χ2v) is 8.58. The molecular formula is C23H24ClF2NO3. The van der Waals surface area contributed by atoms with Crippen molar-refractivity contribution in [2.45, 2.75) is 50.7 Å². The summed E-state index contributed by atoms with van der Waals surface area (Å²) in [5.74, 6) is -1.74. The number of hydrogen-bond donors (Lipinski definition) is 1. The predicted octanol–water partition coefficient (Wildman–Crippen LogP) is 5.80. The van der Waals surface area contributed by atoms with Gasteiger partial charge >= 0.3 is 5.97 Å². The predicted molar refractivity (Wildman–Crippen MR) is 110 cm³/mol. The first-order valence-corrected chi connectivity index (χ1v) is 10.6. The Morgan fingerprint density at radius 2 is 2.00 bits per heavy atom. The first-order valence-electron chi connectivity index (χ1n) is 10.3. The first kappa shape index (κ1) is 21.1. The molecule has 160 valence electrons. The van der Waals surface area contributed by atoms with E-state index in [9.17, 15) is 18.7 Å². The summed E-state index contributed by atoms with van der Waals surface area (Å²) in [6.07, 6.45) is 3.50. The molecule has 0 aromatic heterocycles. The minimum atomic E-state index is -1.27. The molecule has 1 saturated carbocycles. The molecule has 1 heterocycles. The Morgan fingerprint density at radius 1 is 1.23 bits per heavy atom. The number of carboxylic acids is 1. The summed E-state index contributed by atoms with van der Waals surface area (Å²) in [5.41, 5.74) is 1.32. The number of benzene rings is 2. The third kappa shape index (κ3) is 4.44. The topological polar surface area (TPSA) is 49.8 Å². The fraction of sp³-hybridized carbons (Fsp3) is 0.435. The van der Waals surface area contributed by atoms with E-state index in [4.69, 9.17) is 16.3 Å². The maximum Gasteiger partial charge on any atom is 0.338 e. The summed E-state index contributed by atoms with van der Waals surface area (Å²) >= 11 is 6.24. The molecule has 2 aromatic carbocycles. The Hall–Kier alpha value is -2.18.